The summed E-state index contributed by atoms with van der Waals surface area (Å²) in [6.45, 7) is 7.01. The predicted octanol–water partition coefficient (Wildman–Crippen LogP) is 6.30. The Morgan fingerprint density at radius 1 is 1.02 bits per heavy atom. The van der Waals surface area contributed by atoms with E-state index < -0.39 is 24.7 Å². The van der Waals surface area contributed by atoms with Crippen LogP contribution in [0.3, 0.4) is 0 Å². The zero-order valence-electron chi connectivity index (χ0n) is 29.0. The molecule has 7 rings (SSSR count). The third-order valence-corrected chi connectivity index (χ3v) is 15.3. The largest absolute Gasteiger partial charge is 0.497 e. The number of aromatic nitrogens is 3. The molecule has 262 valence electrons. The van der Waals surface area contributed by atoms with Gasteiger partial charge in [-0.2, -0.15) is 0 Å². The number of nitrogens with zero attached hydrogens (tertiary/aromatic N) is 5. The second-order valence-corrected chi connectivity index (χ2v) is 18.6. The number of hydrogen-bond donors (Lipinski definition) is 1. The van der Waals surface area contributed by atoms with Gasteiger partial charge in [-0.25, -0.2) is 0 Å². The Labute approximate surface area is 297 Å². The molecule has 0 aliphatic carbocycles. The van der Waals surface area contributed by atoms with Crippen LogP contribution in [0.15, 0.2) is 109 Å². The number of aliphatic hydroxyl groups is 1. The minimum absolute atomic E-state index is 0.0739. The van der Waals surface area contributed by atoms with Crippen LogP contribution < -0.4 is 14.8 Å². The highest BCUT2D eigenvalue weighted by Gasteiger charge is 2.66. The molecule has 1 aromatic heterocycles. The van der Waals surface area contributed by atoms with Gasteiger partial charge < -0.3 is 14.6 Å². The number of anilines is 2. The number of methoxy groups -OCH3 is 1. The van der Waals surface area contributed by atoms with Crippen LogP contribution in [-0.4, -0.2) is 58.8 Å². The van der Waals surface area contributed by atoms with Gasteiger partial charge in [-0.3, -0.25) is 24.5 Å². The highest BCUT2D eigenvalue weighted by molar-refractivity contribution is 6.91. The molecule has 2 aliphatic heterocycles. The summed E-state index contributed by atoms with van der Waals surface area (Å²) in [6, 6.07) is 31.9. The monoisotopic (exact) mass is 703 g/mol. The van der Waals surface area contributed by atoms with E-state index in [1.807, 2.05) is 79.0 Å². The van der Waals surface area contributed by atoms with Crippen LogP contribution in [0.4, 0.5) is 17.1 Å². The van der Waals surface area contributed by atoms with E-state index in [4.69, 9.17) is 9.47 Å². The van der Waals surface area contributed by atoms with Crippen LogP contribution in [0.25, 0.3) is 0 Å². The van der Waals surface area contributed by atoms with E-state index in [1.54, 1.807) is 22.8 Å². The van der Waals surface area contributed by atoms with Crippen LogP contribution in [0.5, 0.6) is 5.75 Å². The molecule has 2 aliphatic rings. The van der Waals surface area contributed by atoms with Crippen LogP contribution >= 0.6 is 0 Å². The van der Waals surface area contributed by atoms with Gasteiger partial charge in [0.2, 0.25) is 0 Å². The van der Waals surface area contributed by atoms with E-state index in [9.17, 15) is 15.2 Å². The Morgan fingerprint density at radius 2 is 1.71 bits per heavy atom. The number of hydrogen-bond acceptors (Lipinski definition) is 8. The summed E-state index contributed by atoms with van der Waals surface area (Å²) in [6.07, 6.45) is 1.98. The van der Waals surface area contributed by atoms with Crippen LogP contribution in [-0.2, 0) is 21.7 Å². The van der Waals surface area contributed by atoms with Gasteiger partial charge in [-0.15, -0.1) is 5.10 Å². The predicted molar refractivity (Wildman–Crippen MR) is 196 cm³/mol. The molecule has 3 heterocycles. The number of carbonyl (C=O) groups is 1. The van der Waals surface area contributed by atoms with Crippen molar-refractivity contribution in [2.45, 2.75) is 56.1 Å². The highest BCUT2D eigenvalue weighted by Crippen LogP contribution is 2.61. The number of fused-ring (bicyclic) bond motifs is 2. The number of non-ortho nitro benzene ring substituents is 1. The molecule has 0 saturated carbocycles. The Kier molecular flexibility index (Phi) is 9.08. The number of aryl methyl sites for hydroxylation is 1. The maximum absolute atomic E-state index is 15.0. The second kappa shape index (κ2) is 13.5. The van der Waals surface area contributed by atoms with Gasteiger partial charge in [0.1, 0.15) is 5.75 Å². The quantitative estimate of drug-likeness (QED) is 0.0963. The fourth-order valence-corrected chi connectivity index (χ4v) is 12.4. The molecule has 0 bridgehead atoms. The van der Waals surface area contributed by atoms with Crippen molar-refractivity contribution in [3.8, 4) is 5.75 Å². The average Bonchev–Trinajstić information content (AvgIpc) is 3.81. The summed E-state index contributed by atoms with van der Waals surface area (Å²) in [4.78, 5) is 28.3. The van der Waals surface area contributed by atoms with E-state index in [-0.39, 0.29) is 35.6 Å². The maximum Gasteiger partial charge on any atom is 0.269 e. The molecule has 1 N–H and O–H groups in total. The van der Waals surface area contributed by atoms with E-state index >= 15 is 4.79 Å². The lowest BCUT2D eigenvalue weighted by atomic mass is 9.82. The third-order valence-electron chi connectivity index (χ3n) is 10.9. The summed E-state index contributed by atoms with van der Waals surface area (Å²) in [5, 5.41) is 32.4. The molecule has 1 unspecified atom stereocenters. The van der Waals surface area contributed by atoms with Crippen LogP contribution in [0.1, 0.15) is 36.1 Å². The highest BCUT2D eigenvalue weighted by atomic mass is 28.3. The molecule has 4 aromatic carbocycles. The van der Waals surface area contributed by atoms with E-state index in [1.165, 1.54) is 17.3 Å². The molecule has 11 nitrogen and oxygen atoms in total. The van der Waals surface area contributed by atoms with Gasteiger partial charge in [0.25, 0.3) is 11.6 Å². The number of nitro benzene ring substituents is 1. The average molecular weight is 704 g/mol. The summed E-state index contributed by atoms with van der Waals surface area (Å²) in [5.41, 5.74) is 1.77. The topological polar surface area (TPSA) is 133 Å². The Balaban J connectivity index is 1.30. The number of para-hydroxylation sites is 1. The fraction of sp³-hybridized carbons (Fsp3) is 0.308. The first-order valence-corrected chi connectivity index (χ1v) is 20.2. The van der Waals surface area contributed by atoms with Crippen LogP contribution in [0, 0.1) is 16.0 Å². The van der Waals surface area contributed by atoms with Gasteiger partial charge in [0.15, 0.2) is 5.60 Å². The van der Waals surface area contributed by atoms with Crippen molar-refractivity contribution in [2.75, 3.05) is 18.6 Å². The smallest absolute Gasteiger partial charge is 0.269 e. The van der Waals surface area contributed by atoms with Crippen molar-refractivity contribution < 1.29 is 24.3 Å². The molecule has 1 spiro atoms. The number of rotatable bonds is 11. The van der Waals surface area contributed by atoms with Crippen LogP contribution in [0.2, 0.25) is 18.6 Å². The van der Waals surface area contributed by atoms with E-state index in [0.717, 1.165) is 11.3 Å². The maximum atomic E-state index is 15.0. The van der Waals surface area contributed by atoms with Crippen molar-refractivity contribution in [3.63, 3.8) is 0 Å². The molecule has 12 heteroatoms. The SMILES string of the molecule is COc1ccc([Si](C)(C)[C@H]2[C@H](CCn3cc(C(CO)c4ccccc4)nn3)O[C@@]3(C(=O)N(c4ccccc4)c4ccc([N+](=O)[O-])cc43)[C@@H]2C)cc1. The number of carbonyl (C=O) groups excluding carboxylic acids is 1. The first-order chi connectivity index (χ1) is 24.6. The molecule has 51 heavy (non-hydrogen) atoms. The molecule has 5 aromatic rings. The number of nitro groups is 1. The minimum Gasteiger partial charge on any atom is -0.497 e. The summed E-state index contributed by atoms with van der Waals surface area (Å²) in [7, 11) is -0.811. The van der Waals surface area contributed by atoms with Crippen molar-refractivity contribution in [2.24, 2.45) is 5.92 Å². The number of ether oxygens (including phenoxy) is 2. The minimum atomic E-state index is -2.45. The molecule has 0 radical (unpaired) electrons. The molecule has 1 saturated heterocycles. The second-order valence-electron chi connectivity index (χ2n) is 13.9. The van der Waals surface area contributed by atoms with Crippen molar-refractivity contribution in [1.29, 1.82) is 0 Å². The molecular formula is C39H41N5O6Si. The summed E-state index contributed by atoms with van der Waals surface area (Å²) >= 11 is 0. The zero-order chi connectivity index (χ0) is 35.9. The van der Waals surface area contributed by atoms with E-state index in [2.05, 4.69) is 42.5 Å². The fourth-order valence-electron chi connectivity index (χ4n) is 8.34. The first kappa shape index (κ1) is 34.3. The standard InChI is InChI=1S/C39H41N5O6Si/c1-26-37(51(3,4)31-18-16-30(49-2)17-19-31)36(21-22-42-24-34(40-41-42)32(25-45)27-11-7-5-8-12-27)50-39(26)33-23-29(44(47)48)15-20-35(33)43(38(39)46)28-13-9-6-10-14-28/h5-20,23-24,26,32,36-37,45H,21-22,25H2,1-4H3/t26-,32?,36+,37-,39+/m1/s1. The lowest BCUT2D eigenvalue weighted by Gasteiger charge is -2.37. The van der Waals surface area contributed by atoms with Crippen molar-refractivity contribution in [1.82, 2.24) is 15.0 Å². The van der Waals surface area contributed by atoms with Gasteiger partial charge in [-0.05, 0) is 47.9 Å². The lowest BCUT2D eigenvalue weighted by Crippen LogP contribution is -2.51. The Morgan fingerprint density at radius 3 is 2.35 bits per heavy atom. The number of benzene rings is 4. The number of amides is 1. The molecular weight excluding hydrogens is 663 g/mol. The Bertz CT molecular complexity index is 2040. The Hall–Kier alpha value is -5.17. The lowest BCUT2D eigenvalue weighted by molar-refractivity contribution is -0.385. The molecule has 1 amide bonds. The first-order valence-electron chi connectivity index (χ1n) is 17.2. The van der Waals surface area contributed by atoms with E-state index in [0.29, 0.717) is 35.6 Å². The van der Waals surface area contributed by atoms with Gasteiger partial charge in [0, 0.05) is 42.0 Å². The molecule has 5 atom stereocenters. The summed E-state index contributed by atoms with van der Waals surface area (Å²) in [5.74, 6) is -0.138. The van der Waals surface area contributed by atoms with Gasteiger partial charge >= 0.3 is 0 Å². The van der Waals surface area contributed by atoms with Gasteiger partial charge in [-0.1, -0.05) is 91.1 Å². The van der Waals surface area contributed by atoms with Crippen molar-refractivity contribution >= 4 is 36.2 Å². The third kappa shape index (κ3) is 5.82. The number of aliphatic hydroxyl groups excluding tert-OH is 1. The molecule has 1 fully saturated rings. The normalized spacial score (nSPS) is 21.9. The zero-order valence-corrected chi connectivity index (χ0v) is 30.0. The van der Waals surface area contributed by atoms with Crippen molar-refractivity contribution in [3.05, 3.63) is 136 Å². The van der Waals surface area contributed by atoms with Gasteiger partial charge in [0.05, 0.1) is 50.1 Å². The summed E-state index contributed by atoms with van der Waals surface area (Å²) < 4.78 is 14.4.